The molecule has 0 saturated carbocycles. The molecule has 1 saturated heterocycles. The summed E-state index contributed by atoms with van der Waals surface area (Å²) >= 11 is 0. The molecular weight excluding hydrogens is 208 g/mol. The second-order valence-electron chi connectivity index (χ2n) is 3.73. The van der Waals surface area contributed by atoms with Crippen molar-refractivity contribution in [3.63, 3.8) is 0 Å². The Balaban J connectivity index is 2.15. The van der Waals surface area contributed by atoms with Gasteiger partial charge in [0, 0.05) is 13.1 Å². The third kappa shape index (κ3) is 1.95. The quantitative estimate of drug-likeness (QED) is 0.788. The summed E-state index contributed by atoms with van der Waals surface area (Å²) in [6, 6.07) is 0.308. The normalized spacial score (nSPS) is 15.4. The van der Waals surface area contributed by atoms with E-state index in [1.807, 2.05) is 6.92 Å². The molecule has 0 aliphatic carbocycles. The molecule has 88 valence electrons. The lowest BCUT2D eigenvalue weighted by Gasteiger charge is -2.13. The molecule has 0 aromatic carbocycles. The van der Waals surface area contributed by atoms with E-state index < -0.39 is 0 Å². The zero-order valence-corrected chi connectivity index (χ0v) is 9.32. The number of aromatic nitrogens is 2. The summed E-state index contributed by atoms with van der Waals surface area (Å²) in [5.74, 6) is 0.119. The molecule has 1 aromatic rings. The van der Waals surface area contributed by atoms with Gasteiger partial charge < -0.3 is 20.4 Å². The number of amides is 1. The zero-order valence-electron chi connectivity index (χ0n) is 9.32. The van der Waals surface area contributed by atoms with Gasteiger partial charge in [0.1, 0.15) is 0 Å². The lowest BCUT2D eigenvalue weighted by Crippen LogP contribution is -2.28. The fraction of sp³-hybridized carbons (Fsp3) is 0.600. The molecular formula is C10H16N4O2. The molecule has 0 spiro atoms. The number of rotatable bonds is 3. The Morgan fingerprint density at radius 1 is 1.56 bits per heavy atom. The van der Waals surface area contributed by atoms with Crippen LogP contribution in [0.15, 0.2) is 0 Å². The van der Waals surface area contributed by atoms with Crippen LogP contribution in [0, 0.1) is 0 Å². The SMILES string of the molecule is CCOc1nc(N)c(C(=O)N2CCCC2)[nH]1. The predicted octanol–water partition coefficient (Wildman–Crippen LogP) is 0.627. The van der Waals surface area contributed by atoms with Gasteiger partial charge in [-0.15, -0.1) is 0 Å². The summed E-state index contributed by atoms with van der Waals surface area (Å²) in [6.45, 7) is 3.92. The highest BCUT2D eigenvalue weighted by Gasteiger charge is 2.24. The summed E-state index contributed by atoms with van der Waals surface area (Å²) < 4.78 is 5.16. The molecule has 1 aliphatic heterocycles. The number of carbonyl (C=O) groups excluding carboxylic acids is 1. The number of hydrogen-bond donors (Lipinski definition) is 2. The maximum atomic E-state index is 12.0. The number of hydrogen-bond acceptors (Lipinski definition) is 4. The minimum Gasteiger partial charge on any atom is -0.465 e. The standard InChI is InChI=1S/C10H16N4O2/c1-2-16-10-12-7(8(11)13-10)9(15)14-5-3-4-6-14/h2-6,11H2,1H3,(H,12,13). The van der Waals surface area contributed by atoms with Gasteiger partial charge in [-0.2, -0.15) is 4.98 Å². The largest absolute Gasteiger partial charge is 0.465 e. The van der Waals surface area contributed by atoms with Gasteiger partial charge in [-0.1, -0.05) is 0 Å². The molecule has 1 aromatic heterocycles. The van der Waals surface area contributed by atoms with Crippen LogP contribution in [0.2, 0.25) is 0 Å². The van der Waals surface area contributed by atoms with E-state index in [2.05, 4.69) is 9.97 Å². The van der Waals surface area contributed by atoms with E-state index in [0.717, 1.165) is 25.9 Å². The highest BCUT2D eigenvalue weighted by atomic mass is 16.5. The second kappa shape index (κ2) is 4.42. The van der Waals surface area contributed by atoms with Crippen LogP contribution in [0.4, 0.5) is 5.82 Å². The summed E-state index contributed by atoms with van der Waals surface area (Å²) in [6.07, 6.45) is 2.11. The number of imidazole rings is 1. The number of nitrogen functional groups attached to an aromatic ring is 1. The first-order valence-electron chi connectivity index (χ1n) is 5.50. The summed E-state index contributed by atoms with van der Waals surface area (Å²) in [4.78, 5) is 20.5. The lowest BCUT2D eigenvalue weighted by atomic mass is 10.4. The molecule has 16 heavy (non-hydrogen) atoms. The molecule has 0 atom stereocenters. The molecule has 1 amide bonds. The van der Waals surface area contributed by atoms with Crippen molar-refractivity contribution in [3.8, 4) is 6.01 Å². The highest BCUT2D eigenvalue weighted by Crippen LogP contribution is 2.18. The Labute approximate surface area is 93.8 Å². The van der Waals surface area contributed by atoms with Crippen LogP contribution in [0.1, 0.15) is 30.3 Å². The first-order chi connectivity index (χ1) is 7.72. The average molecular weight is 224 g/mol. The van der Waals surface area contributed by atoms with Crippen LogP contribution in [-0.4, -0.2) is 40.5 Å². The van der Waals surface area contributed by atoms with Crippen molar-refractivity contribution in [1.82, 2.24) is 14.9 Å². The maximum Gasteiger partial charge on any atom is 0.296 e. The van der Waals surface area contributed by atoms with E-state index in [1.165, 1.54) is 0 Å². The minimum atomic E-state index is -0.0894. The molecule has 2 heterocycles. The third-order valence-corrected chi connectivity index (χ3v) is 2.60. The van der Waals surface area contributed by atoms with Crippen LogP contribution < -0.4 is 10.5 Å². The molecule has 2 rings (SSSR count). The highest BCUT2D eigenvalue weighted by molar-refractivity contribution is 5.96. The first-order valence-corrected chi connectivity index (χ1v) is 5.50. The summed E-state index contributed by atoms with van der Waals surface area (Å²) in [7, 11) is 0. The Morgan fingerprint density at radius 2 is 2.25 bits per heavy atom. The molecule has 6 heteroatoms. The average Bonchev–Trinajstić information content (AvgIpc) is 2.87. The molecule has 0 radical (unpaired) electrons. The molecule has 6 nitrogen and oxygen atoms in total. The van der Waals surface area contributed by atoms with Crippen LogP contribution in [-0.2, 0) is 0 Å². The fourth-order valence-electron chi connectivity index (χ4n) is 1.81. The lowest BCUT2D eigenvalue weighted by molar-refractivity contribution is 0.0788. The van der Waals surface area contributed by atoms with Gasteiger partial charge in [0.15, 0.2) is 11.5 Å². The number of ether oxygens (including phenoxy) is 1. The predicted molar refractivity (Wildman–Crippen MR) is 59.3 cm³/mol. The van der Waals surface area contributed by atoms with Gasteiger partial charge in [-0.3, -0.25) is 4.79 Å². The summed E-state index contributed by atoms with van der Waals surface area (Å²) in [5.41, 5.74) is 6.01. The number of H-pyrrole nitrogens is 1. The second-order valence-corrected chi connectivity index (χ2v) is 3.73. The van der Waals surface area contributed by atoms with Crippen molar-refractivity contribution in [2.24, 2.45) is 0 Å². The van der Waals surface area contributed by atoms with E-state index >= 15 is 0 Å². The Bertz CT molecular complexity index is 382. The fourth-order valence-corrected chi connectivity index (χ4v) is 1.81. The van der Waals surface area contributed by atoms with Crippen LogP contribution in [0.25, 0.3) is 0 Å². The van der Waals surface area contributed by atoms with Crippen LogP contribution >= 0.6 is 0 Å². The maximum absolute atomic E-state index is 12.0. The molecule has 1 aliphatic rings. The van der Waals surface area contributed by atoms with Gasteiger partial charge in [0.05, 0.1) is 6.61 Å². The van der Waals surface area contributed by atoms with E-state index in [9.17, 15) is 4.79 Å². The van der Waals surface area contributed by atoms with Crippen LogP contribution in [0.5, 0.6) is 6.01 Å². The number of anilines is 1. The van der Waals surface area contributed by atoms with Crippen molar-refractivity contribution in [1.29, 1.82) is 0 Å². The molecule has 0 bridgehead atoms. The van der Waals surface area contributed by atoms with Gasteiger partial charge >= 0.3 is 0 Å². The molecule has 1 fully saturated rings. The first kappa shape index (κ1) is 10.8. The van der Waals surface area contributed by atoms with Crippen molar-refractivity contribution in [2.45, 2.75) is 19.8 Å². The smallest absolute Gasteiger partial charge is 0.296 e. The number of carbonyl (C=O) groups is 1. The van der Waals surface area contributed by atoms with Crippen molar-refractivity contribution in [3.05, 3.63) is 5.69 Å². The van der Waals surface area contributed by atoms with Gasteiger partial charge in [0.2, 0.25) is 0 Å². The topological polar surface area (TPSA) is 84.2 Å². The van der Waals surface area contributed by atoms with E-state index in [4.69, 9.17) is 10.5 Å². The Kier molecular flexibility index (Phi) is 2.98. The minimum absolute atomic E-state index is 0.0894. The van der Waals surface area contributed by atoms with Gasteiger partial charge in [-0.25, -0.2) is 0 Å². The van der Waals surface area contributed by atoms with Crippen molar-refractivity contribution < 1.29 is 9.53 Å². The van der Waals surface area contributed by atoms with Gasteiger partial charge in [0.25, 0.3) is 11.9 Å². The van der Waals surface area contributed by atoms with E-state index in [0.29, 0.717) is 18.3 Å². The zero-order chi connectivity index (χ0) is 11.5. The Morgan fingerprint density at radius 3 is 2.88 bits per heavy atom. The molecule has 3 N–H and O–H groups in total. The van der Waals surface area contributed by atoms with Crippen molar-refractivity contribution >= 4 is 11.7 Å². The molecule has 0 unspecified atom stereocenters. The van der Waals surface area contributed by atoms with Crippen molar-refractivity contribution in [2.75, 3.05) is 25.4 Å². The van der Waals surface area contributed by atoms with E-state index in [-0.39, 0.29) is 11.7 Å². The third-order valence-electron chi connectivity index (χ3n) is 2.60. The van der Waals surface area contributed by atoms with Crippen LogP contribution in [0.3, 0.4) is 0 Å². The Hall–Kier alpha value is -1.72. The number of likely N-dealkylation sites (tertiary alicyclic amines) is 1. The number of nitrogens with one attached hydrogen (secondary N) is 1. The van der Waals surface area contributed by atoms with E-state index in [1.54, 1.807) is 4.90 Å². The number of nitrogens with zero attached hydrogens (tertiary/aromatic N) is 2. The monoisotopic (exact) mass is 224 g/mol. The number of aromatic amines is 1. The number of nitrogens with two attached hydrogens (primary N) is 1. The summed E-state index contributed by atoms with van der Waals surface area (Å²) in [5, 5.41) is 0. The van der Waals surface area contributed by atoms with Gasteiger partial charge in [-0.05, 0) is 19.8 Å².